The Bertz CT molecular complexity index is 394. The third kappa shape index (κ3) is 4.31. The summed E-state index contributed by atoms with van der Waals surface area (Å²) in [6.45, 7) is 9.43. The zero-order valence-electron chi connectivity index (χ0n) is 13.5. The lowest BCUT2D eigenvalue weighted by atomic mass is 9.76. The van der Waals surface area contributed by atoms with Crippen LogP contribution >= 0.6 is 0 Å². The molecule has 1 heterocycles. The summed E-state index contributed by atoms with van der Waals surface area (Å²) < 4.78 is 0. The van der Waals surface area contributed by atoms with E-state index >= 15 is 0 Å². The molecule has 1 aliphatic carbocycles. The van der Waals surface area contributed by atoms with E-state index in [1.165, 1.54) is 37.7 Å². The lowest BCUT2D eigenvalue weighted by molar-refractivity contribution is 0.213. The van der Waals surface area contributed by atoms with Crippen LogP contribution < -0.4 is 5.32 Å². The summed E-state index contributed by atoms with van der Waals surface area (Å²) in [4.78, 5) is 4.22. The fraction of sp³-hybridized carbons (Fsp3) is 0.722. The minimum atomic E-state index is 0.403. The maximum atomic E-state index is 4.22. The van der Waals surface area contributed by atoms with Gasteiger partial charge >= 0.3 is 0 Å². The molecule has 2 heteroatoms. The minimum absolute atomic E-state index is 0.403. The quantitative estimate of drug-likeness (QED) is 0.806. The Hall–Kier alpha value is -0.890. The van der Waals surface area contributed by atoms with Crippen molar-refractivity contribution in [3.63, 3.8) is 0 Å². The van der Waals surface area contributed by atoms with Crippen molar-refractivity contribution in [2.24, 2.45) is 11.3 Å². The number of aromatic nitrogens is 1. The molecule has 3 atom stereocenters. The van der Waals surface area contributed by atoms with Gasteiger partial charge in [-0.25, -0.2) is 0 Å². The summed E-state index contributed by atoms with van der Waals surface area (Å²) in [5.74, 6) is 0.878. The predicted molar refractivity (Wildman–Crippen MR) is 85.6 cm³/mol. The molecule has 112 valence electrons. The molecule has 2 rings (SSSR count). The fourth-order valence-electron chi connectivity index (χ4n) is 3.42. The van der Waals surface area contributed by atoms with Crippen LogP contribution in [0.1, 0.15) is 71.4 Å². The van der Waals surface area contributed by atoms with Gasteiger partial charge in [-0.2, -0.15) is 0 Å². The van der Waals surface area contributed by atoms with Gasteiger partial charge in [0.25, 0.3) is 0 Å². The zero-order valence-corrected chi connectivity index (χ0v) is 13.5. The van der Waals surface area contributed by atoms with Gasteiger partial charge in [0.2, 0.25) is 0 Å². The highest BCUT2D eigenvalue weighted by molar-refractivity contribution is 5.13. The maximum Gasteiger partial charge on any atom is 0.0315 e. The molecule has 20 heavy (non-hydrogen) atoms. The lowest BCUT2D eigenvalue weighted by Gasteiger charge is -2.30. The van der Waals surface area contributed by atoms with Crippen molar-refractivity contribution in [2.45, 2.75) is 71.9 Å². The van der Waals surface area contributed by atoms with Crippen molar-refractivity contribution in [1.82, 2.24) is 10.3 Å². The van der Waals surface area contributed by atoms with Crippen LogP contribution in [-0.4, -0.2) is 11.0 Å². The Morgan fingerprint density at radius 3 is 2.65 bits per heavy atom. The topological polar surface area (TPSA) is 24.9 Å². The molecule has 1 saturated carbocycles. The molecule has 1 aromatic heterocycles. The van der Waals surface area contributed by atoms with Crippen molar-refractivity contribution < 1.29 is 0 Å². The van der Waals surface area contributed by atoms with Crippen LogP contribution in [0.25, 0.3) is 0 Å². The van der Waals surface area contributed by atoms with E-state index in [0.29, 0.717) is 17.5 Å². The first-order valence-corrected chi connectivity index (χ1v) is 8.13. The second-order valence-corrected chi connectivity index (χ2v) is 7.44. The highest BCUT2D eigenvalue weighted by Crippen LogP contribution is 2.37. The second-order valence-electron chi connectivity index (χ2n) is 7.44. The summed E-state index contributed by atoms with van der Waals surface area (Å²) in [5, 5.41) is 3.81. The molecule has 1 aromatic rings. The average Bonchev–Trinajstić information content (AvgIpc) is 2.65. The average molecular weight is 274 g/mol. The van der Waals surface area contributed by atoms with Crippen LogP contribution in [0.3, 0.4) is 0 Å². The summed E-state index contributed by atoms with van der Waals surface area (Å²) in [7, 11) is 0. The summed E-state index contributed by atoms with van der Waals surface area (Å²) in [5.41, 5.74) is 1.76. The van der Waals surface area contributed by atoms with E-state index in [2.05, 4.69) is 44.1 Å². The molecule has 0 amide bonds. The van der Waals surface area contributed by atoms with Gasteiger partial charge in [-0.05, 0) is 55.6 Å². The van der Waals surface area contributed by atoms with Gasteiger partial charge in [-0.3, -0.25) is 4.98 Å². The van der Waals surface area contributed by atoms with Crippen LogP contribution in [0, 0.1) is 11.3 Å². The Morgan fingerprint density at radius 1 is 1.20 bits per heavy atom. The first-order valence-electron chi connectivity index (χ1n) is 8.13. The van der Waals surface area contributed by atoms with Gasteiger partial charge in [0.05, 0.1) is 0 Å². The molecule has 0 saturated heterocycles. The third-order valence-electron chi connectivity index (χ3n) is 4.86. The Morgan fingerprint density at radius 2 is 2.00 bits per heavy atom. The molecule has 1 fully saturated rings. The van der Waals surface area contributed by atoms with E-state index in [-0.39, 0.29) is 0 Å². The van der Waals surface area contributed by atoms with Gasteiger partial charge in [-0.1, -0.05) is 33.3 Å². The van der Waals surface area contributed by atoms with Crippen molar-refractivity contribution in [1.29, 1.82) is 0 Å². The highest BCUT2D eigenvalue weighted by atomic mass is 14.9. The molecule has 0 aliphatic heterocycles. The Kier molecular flexibility index (Phi) is 5.20. The molecule has 0 bridgehead atoms. The SMILES string of the molecule is CC(NC1CCCC(C(C)(C)C)CC1)c1cccnc1. The van der Waals surface area contributed by atoms with E-state index in [1.54, 1.807) is 0 Å². The van der Waals surface area contributed by atoms with E-state index in [9.17, 15) is 0 Å². The molecule has 1 N–H and O–H groups in total. The van der Waals surface area contributed by atoms with Gasteiger partial charge < -0.3 is 5.32 Å². The zero-order chi connectivity index (χ0) is 14.6. The van der Waals surface area contributed by atoms with Crippen LogP contribution in [0.2, 0.25) is 0 Å². The van der Waals surface area contributed by atoms with Crippen LogP contribution in [0.5, 0.6) is 0 Å². The molecule has 1 aliphatic rings. The number of pyridine rings is 1. The number of nitrogens with zero attached hydrogens (tertiary/aromatic N) is 1. The summed E-state index contributed by atoms with van der Waals surface area (Å²) >= 11 is 0. The standard InChI is InChI=1S/C18H30N2/c1-14(15-7-6-12-19-13-15)20-17-9-5-8-16(10-11-17)18(2,3)4/h6-7,12-14,16-17,20H,5,8-11H2,1-4H3. The second kappa shape index (κ2) is 6.71. The van der Waals surface area contributed by atoms with Gasteiger partial charge in [0.15, 0.2) is 0 Å². The first-order chi connectivity index (χ1) is 9.47. The molecule has 0 radical (unpaired) electrons. The number of hydrogen-bond acceptors (Lipinski definition) is 2. The number of hydrogen-bond donors (Lipinski definition) is 1. The van der Waals surface area contributed by atoms with Gasteiger partial charge in [-0.15, -0.1) is 0 Å². The van der Waals surface area contributed by atoms with E-state index in [4.69, 9.17) is 0 Å². The third-order valence-corrected chi connectivity index (χ3v) is 4.86. The van der Waals surface area contributed by atoms with Crippen molar-refractivity contribution >= 4 is 0 Å². The van der Waals surface area contributed by atoms with Crippen molar-refractivity contribution in [2.75, 3.05) is 0 Å². The fourth-order valence-corrected chi connectivity index (χ4v) is 3.42. The van der Waals surface area contributed by atoms with Gasteiger partial charge in [0.1, 0.15) is 0 Å². The summed E-state index contributed by atoms with van der Waals surface area (Å²) in [6.07, 6.45) is 10.6. The highest BCUT2D eigenvalue weighted by Gasteiger charge is 2.28. The monoisotopic (exact) mass is 274 g/mol. The molecule has 0 aromatic carbocycles. The Labute approximate surface area is 124 Å². The largest absolute Gasteiger partial charge is 0.307 e. The lowest BCUT2D eigenvalue weighted by Crippen LogP contribution is -2.31. The predicted octanol–water partition coefficient (Wildman–Crippen LogP) is 4.73. The molecular formula is C18H30N2. The summed E-state index contributed by atoms with van der Waals surface area (Å²) in [6, 6.07) is 5.26. The van der Waals surface area contributed by atoms with Crippen LogP contribution in [0.4, 0.5) is 0 Å². The van der Waals surface area contributed by atoms with Crippen LogP contribution in [-0.2, 0) is 0 Å². The smallest absolute Gasteiger partial charge is 0.0315 e. The van der Waals surface area contributed by atoms with E-state index < -0.39 is 0 Å². The molecule has 0 spiro atoms. The molecular weight excluding hydrogens is 244 g/mol. The minimum Gasteiger partial charge on any atom is -0.307 e. The van der Waals surface area contributed by atoms with Crippen molar-refractivity contribution in [3.8, 4) is 0 Å². The maximum absolute atomic E-state index is 4.22. The Balaban J connectivity index is 1.88. The van der Waals surface area contributed by atoms with E-state index in [0.717, 1.165) is 5.92 Å². The van der Waals surface area contributed by atoms with Crippen molar-refractivity contribution in [3.05, 3.63) is 30.1 Å². The normalized spacial score (nSPS) is 26.0. The number of nitrogens with one attached hydrogen (secondary N) is 1. The molecule has 2 nitrogen and oxygen atoms in total. The number of rotatable bonds is 3. The first kappa shape index (κ1) is 15.5. The van der Waals surface area contributed by atoms with Gasteiger partial charge in [0, 0.05) is 24.5 Å². The van der Waals surface area contributed by atoms with E-state index in [1.807, 2.05) is 18.5 Å². The molecule has 3 unspecified atom stereocenters. The van der Waals surface area contributed by atoms with Crippen LogP contribution in [0.15, 0.2) is 24.5 Å².